The molecule has 20 heavy (non-hydrogen) atoms. The van der Waals surface area contributed by atoms with E-state index < -0.39 is 0 Å². The molecule has 0 aliphatic rings. The number of ether oxygens (including phenoxy) is 1. The van der Waals surface area contributed by atoms with Crippen LogP contribution in [0.25, 0.3) is 0 Å². The molecule has 2 aromatic rings. The fraction of sp³-hybridized carbons (Fsp3) is 0.235. The highest BCUT2D eigenvalue weighted by Crippen LogP contribution is 2.12. The summed E-state index contributed by atoms with van der Waals surface area (Å²) >= 11 is 0. The Hall–Kier alpha value is -2.29. The van der Waals surface area contributed by atoms with Crippen molar-refractivity contribution in [3.8, 4) is 5.75 Å². The second kappa shape index (κ2) is 7.34. The van der Waals surface area contributed by atoms with Crippen molar-refractivity contribution in [2.24, 2.45) is 0 Å². The Kier molecular flexibility index (Phi) is 5.18. The molecule has 2 aromatic carbocycles. The van der Waals surface area contributed by atoms with Crippen LogP contribution in [0.1, 0.15) is 17.5 Å². The van der Waals surface area contributed by atoms with Gasteiger partial charge in [-0.1, -0.05) is 42.5 Å². The van der Waals surface area contributed by atoms with Crippen molar-refractivity contribution < 1.29 is 9.53 Å². The molecule has 0 radical (unpaired) electrons. The standard InChI is InChI=1S/C17H19NO2/c1-20-16-9-5-8-15(12-16)13-18-17(19)11-10-14-6-3-2-4-7-14/h2-9,12H,10-11,13H2,1H3,(H,18,19). The summed E-state index contributed by atoms with van der Waals surface area (Å²) in [6, 6.07) is 17.7. The smallest absolute Gasteiger partial charge is 0.220 e. The number of carbonyl (C=O) groups is 1. The van der Waals surface area contributed by atoms with Gasteiger partial charge in [-0.05, 0) is 29.7 Å². The van der Waals surface area contributed by atoms with E-state index in [1.807, 2.05) is 54.6 Å². The first kappa shape index (κ1) is 14.1. The number of amides is 1. The van der Waals surface area contributed by atoms with Gasteiger partial charge in [0.25, 0.3) is 0 Å². The fourth-order valence-electron chi connectivity index (χ4n) is 1.97. The van der Waals surface area contributed by atoms with Crippen LogP contribution in [0.4, 0.5) is 0 Å². The van der Waals surface area contributed by atoms with Crippen molar-refractivity contribution in [3.05, 3.63) is 65.7 Å². The van der Waals surface area contributed by atoms with Crippen LogP contribution in [0, 0.1) is 0 Å². The molecule has 0 spiro atoms. The molecule has 2 rings (SSSR count). The van der Waals surface area contributed by atoms with Crippen molar-refractivity contribution in [2.75, 3.05) is 7.11 Å². The van der Waals surface area contributed by atoms with Gasteiger partial charge in [0.05, 0.1) is 7.11 Å². The number of hydrogen-bond acceptors (Lipinski definition) is 2. The third-order valence-electron chi connectivity index (χ3n) is 3.11. The first-order valence-corrected chi connectivity index (χ1v) is 6.71. The summed E-state index contributed by atoms with van der Waals surface area (Å²) in [5.41, 5.74) is 2.22. The summed E-state index contributed by atoms with van der Waals surface area (Å²) in [7, 11) is 1.64. The lowest BCUT2D eigenvalue weighted by molar-refractivity contribution is -0.121. The van der Waals surface area contributed by atoms with Gasteiger partial charge in [0, 0.05) is 13.0 Å². The number of aryl methyl sites for hydroxylation is 1. The monoisotopic (exact) mass is 269 g/mol. The number of methoxy groups -OCH3 is 1. The lowest BCUT2D eigenvalue weighted by atomic mass is 10.1. The number of carbonyl (C=O) groups excluding carboxylic acids is 1. The van der Waals surface area contributed by atoms with Crippen LogP contribution in [-0.4, -0.2) is 13.0 Å². The normalized spacial score (nSPS) is 10.1. The summed E-state index contributed by atoms with van der Waals surface area (Å²) in [6.45, 7) is 0.533. The minimum Gasteiger partial charge on any atom is -0.497 e. The average molecular weight is 269 g/mol. The minimum absolute atomic E-state index is 0.0664. The summed E-state index contributed by atoms with van der Waals surface area (Å²) in [6.07, 6.45) is 1.28. The van der Waals surface area contributed by atoms with Gasteiger partial charge in [0.2, 0.25) is 5.91 Å². The van der Waals surface area contributed by atoms with E-state index >= 15 is 0 Å². The SMILES string of the molecule is COc1cccc(CNC(=O)CCc2ccccc2)c1. The van der Waals surface area contributed by atoms with Crippen LogP contribution < -0.4 is 10.1 Å². The van der Waals surface area contributed by atoms with E-state index in [0.717, 1.165) is 17.7 Å². The molecule has 3 heteroatoms. The van der Waals surface area contributed by atoms with E-state index in [1.165, 1.54) is 5.56 Å². The molecule has 0 heterocycles. The molecule has 0 saturated carbocycles. The lowest BCUT2D eigenvalue weighted by Crippen LogP contribution is -2.22. The Morgan fingerprint density at radius 3 is 2.55 bits per heavy atom. The zero-order chi connectivity index (χ0) is 14.2. The van der Waals surface area contributed by atoms with Crippen molar-refractivity contribution in [1.29, 1.82) is 0 Å². The molecule has 104 valence electrons. The Morgan fingerprint density at radius 2 is 1.80 bits per heavy atom. The molecule has 0 fully saturated rings. The Bertz CT molecular complexity index is 552. The maximum Gasteiger partial charge on any atom is 0.220 e. The van der Waals surface area contributed by atoms with Crippen LogP contribution in [0.3, 0.4) is 0 Å². The van der Waals surface area contributed by atoms with E-state index in [2.05, 4.69) is 5.32 Å². The zero-order valence-corrected chi connectivity index (χ0v) is 11.6. The maximum atomic E-state index is 11.8. The van der Waals surface area contributed by atoms with E-state index in [0.29, 0.717) is 13.0 Å². The van der Waals surface area contributed by atoms with Crippen LogP contribution >= 0.6 is 0 Å². The molecule has 1 N–H and O–H groups in total. The second-order valence-corrected chi connectivity index (χ2v) is 4.61. The molecular formula is C17H19NO2. The molecule has 0 bridgehead atoms. The zero-order valence-electron chi connectivity index (χ0n) is 11.6. The summed E-state index contributed by atoms with van der Waals surface area (Å²) < 4.78 is 5.15. The number of benzene rings is 2. The predicted octanol–water partition coefficient (Wildman–Crippen LogP) is 2.94. The van der Waals surface area contributed by atoms with Crippen LogP contribution in [0.15, 0.2) is 54.6 Å². The van der Waals surface area contributed by atoms with Crippen LogP contribution in [0.5, 0.6) is 5.75 Å². The molecule has 0 aliphatic carbocycles. The molecule has 1 amide bonds. The molecule has 0 saturated heterocycles. The van der Waals surface area contributed by atoms with Crippen molar-refractivity contribution >= 4 is 5.91 Å². The largest absolute Gasteiger partial charge is 0.497 e. The molecule has 0 atom stereocenters. The molecule has 0 unspecified atom stereocenters. The highest BCUT2D eigenvalue weighted by molar-refractivity contribution is 5.76. The van der Waals surface area contributed by atoms with Gasteiger partial charge >= 0.3 is 0 Å². The van der Waals surface area contributed by atoms with E-state index in [1.54, 1.807) is 7.11 Å². The highest BCUT2D eigenvalue weighted by Gasteiger charge is 2.02. The Morgan fingerprint density at radius 1 is 1.05 bits per heavy atom. The predicted molar refractivity (Wildman–Crippen MR) is 79.6 cm³/mol. The van der Waals surface area contributed by atoms with Gasteiger partial charge in [0.15, 0.2) is 0 Å². The van der Waals surface area contributed by atoms with Gasteiger partial charge in [-0.2, -0.15) is 0 Å². The van der Waals surface area contributed by atoms with Crippen LogP contribution in [-0.2, 0) is 17.8 Å². The summed E-state index contributed by atoms with van der Waals surface area (Å²) in [5, 5.41) is 2.93. The van der Waals surface area contributed by atoms with Crippen molar-refractivity contribution in [3.63, 3.8) is 0 Å². The Balaban J connectivity index is 1.77. The molecular weight excluding hydrogens is 250 g/mol. The third kappa shape index (κ3) is 4.43. The number of rotatable bonds is 6. The molecule has 0 aliphatic heterocycles. The quantitative estimate of drug-likeness (QED) is 0.875. The van der Waals surface area contributed by atoms with Gasteiger partial charge < -0.3 is 10.1 Å². The van der Waals surface area contributed by atoms with Gasteiger partial charge in [-0.25, -0.2) is 0 Å². The number of hydrogen-bond donors (Lipinski definition) is 1. The van der Waals surface area contributed by atoms with E-state index in [-0.39, 0.29) is 5.91 Å². The van der Waals surface area contributed by atoms with Gasteiger partial charge in [-0.3, -0.25) is 4.79 Å². The molecule has 3 nitrogen and oxygen atoms in total. The van der Waals surface area contributed by atoms with Crippen LogP contribution in [0.2, 0.25) is 0 Å². The third-order valence-corrected chi connectivity index (χ3v) is 3.11. The van der Waals surface area contributed by atoms with Crippen molar-refractivity contribution in [2.45, 2.75) is 19.4 Å². The Labute approximate surface area is 119 Å². The summed E-state index contributed by atoms with van der Waals surface area (Å²) in [5.74, 6) is 0.873. The maximum absolute atomic E-state index is 11.8. The van der Waals surface area contributed by atoms with Gasteiger partial charge in [-0.15, -0.1) is 0 Å². The molecule has 0 aromatic heterocycles. The minimum atomic E-state index is 0.0664. The second-order valence-electron chi connectivity index (χ2n) is 4.61. The number of nitrogens with one attached hydrogen (secondary N) is 1. The highest BCUT2D eigenvalue weighted by atomic mass is 16.5. The first-order valence-electron chi connectivity index (χ1n) is 6.71. The topological polar surface area (TPSA) is 38.3 Å². The van der Waals surface area contributed by atoms with Crippen molar-refractivity contribution in [1.82, 2.24) is 5.32 Å². The first-order chi connectivity index (χ1) is 9.78. The lowest BCUT2D eigenvalue weighted by Gasteiger charge is -2.07. The van der Waals surface area contributed by atoms with E-state index in [4.69, 9.17) is 4.74 Å². The average Bonchev–Trinajstić information content (AvgIpc) is 2.52. The fourth-order valence-corrected chi connectivity index (χ4v) is 1.97. The summed E-state index contributed by atoms with van der Waals surface area (Å²) in [4.78, 5) is 11.8. The van der Waals surface area contributed by atoms with E-state index in [9.17, 15) is 4.79 Å². The van der Waals surface area contributed by atoms with Gasteiger partial charge in [0.1, 0.15) is 5.75 Å².